The third kappa shape index (κ3) is 2.53. The van der Waals surface area contributed by atoms with Crippen molar-refractivity contribution in [1.29, 1.82) is 5.26 Å². The number of nitrogens with zero attached hydrogens (tertiary/aromatic N) is 2. The van der Waals surface area contributed by atoms with Crippen LogP contribution < -0.4 is 4.90 Å². The number of halogens is 1. The second-order valence-electron chi connectivity index (χ2n) is 4.92. The zero-order valence-corrected chi connectivity index (χ0v) is 10.6. The summed E-state index contributed by atoms with van der Waals surface area (Å²) in [6, 6.07) is 5.45. The van der Waals surface area contributed by atoms with E-state index in [1.54, 1.807) is 11.0 Å². The number of hydrogen-bond acceptors (Lipinski definition) is 3. The SMILES string of the molecule is CC1CCN(c2cccc(F)c2C#N)C(C(=O)O)C1. The molecule has 1 N–H and O–H groups in total. The number of aliphatic carboxylic acids is 1. The number of hydrogen-bond donors (Lipinski definition) is 1. The number of nitriles is 1. The van der Waals surface area contributed by atoms with Crippen LogP contribution in [0.25, 0.3) is 0 Å². The lowest BCUT2D eigenvalue weighted by Crippen LogP contribution is -2.47. The topological polar surface area (TPSA) is 64.3 Å². The highest BCUT2D eigenvalue weighted by Crippen LogP contribution is 2.31. The summed E-state index contributed by atoms with van der Waals surface area (Å²) < 4.78 is 13.6. The Morgan fingerprint density at radius 1 is 1.58 bits per heavy atom. The van der Waals surface area contributed by atoms with Gasteiger partial charge in [-0.1, -0.05) is 13.0 Å². The Labute approximate surface area is 111 Å². The summed E-state index contributed by atoms with van der Waals surface area (Å²) in [6.45, 7) is 2.53. The highest BCUT2D eigenvalue weighted by Gasteiger charge is 2.33. The molecule has 0 spiro atoms. The van der Waals surface area contributed by atoms with Crippen molar-refractivity contribution in [3.8, 4) is 6.07 Å². The van der Waals surface area contributed by atoms with E-state index >= 15 is 0 Å². The van der Waals surface area contributed by atoms with Gasteiger partial charge in [0, 0.05) is 6.54 Å². The Morgan fingerprint density at radius 3 is 2.95 bits per heavy atom. The molecule has 1 heterocycles. The average Bonchev–Trinajstić information content (AvgIpc) is 2.38. The van der Waals surface area contributed by atoms with E-state index in [9.17, 15) is 14.3 Å². The minimum atomic E-state index is -0.931. The van der Waals surface area contributed by atoms with Crippen molar-refractivity contribution in [2.24, 2.45) is 5.92 Å². The molecule has 0 aliphatic carbocycles. The lowest BCUT2D eigenvalue weighted by molar-refractivity contribution is -0.139. The summed E-state index contributed by atoms with van der Waals surface area (Å²) in [6.07, 6.45) is 1.35. The minimum absolute atomic E-state index is 0.0803. The zero-order valence-electron chi connectivity index (χ0n) is 10.6. The molecular weight excluding hydrogens is 247 g/mol. The first-order valence-electron chi connectivity index (χ1n) is 6.22. The third-order valence-corrected chi connectivity index (χ3v) is 3.56. The first kappa shape index (κ1) is 13.3. The van der Waals surface area contributed by atoms with Crippen molar-refractivity contribution in [3.63, 3.8) is 0 Å². The van der Waals surface area contributed by atoms with Crippen LogP contribution in [0, 0.1) is 23.1 Å². The molecule has 0 amide bonds. The molecule has 2 atom stereocenters. The van der Waals surface area contributed by atoms with Crippen LogP contribution in [0.2, 0.25) is 0 Å². The van der Waals surface area contributed by atoms with E-state index in [1.165, 1.54) is 12.1 Å². The maximum absolute atomic E-state index is 13.6. The highest BCUT2D eigenvalue weighted by atomic mass is 19.1. The van der Waals surface area contributed by atoms with Gasteiger partial charge < -0.3 is 10.0 Å². The summed E-state index contributed by atoms with van der Waals surface area (Å²) in [5.41, 5.74) is 0.296. The van der Waals surface area contributed by atoms with Gasteiger partial charge in [-0.3, -0.25) is 0 Å². The zero-order chi connectivity index (χ0) is 14.0. The van der Waals surface area contributed by atoms with Crippen LogP contribution in [0.5, 0.6) is 0 Å². The number of anilines is 1. The van der Waals surface area contributed by atoms with E-state index in [0.717, 1.165) is 6.42 Å². The van der Waals surface area contributed by atoms with Crippen LogP contribution in [0.15, 0.2) is 18.2 Å². The van der Waals surface area contributed by atoms with Crippen LogP contribution in [-0.4, -0.2) is 23.7 Å². The van der Waals surface area contributed by atoms with Gasteiger partial charge in [-0.2, -0.15) is 5.26 Å². The first-order valence-corrected chi connectivity index (χ1v) is 6.22. The number of benzene rings is 1. The van der Waals surface area contributed by atoms with Gasteiger partial charge in [0.05, 0.1) is 5.69 Å². The molecule has 0 aromatic heterocycles. The number of rotatable bonds is 2. The summed E-state index contributed by atoms with van der Waals surface area (Å²) in [5, 5.41) is 18.3. The molecule has 0 bridgehead atoms. The maximum atomic E-state index is 13.6. The predicted octanol–water partition coefficient (Wildman–Crippen LogP) is 2.39. The molecule has 0 saturated carbocycles. The van der Waals surface area contributed by atoms with Gasteiger partial charge in [0.25, 0.3) is 0 Å². The van der Waals surface area contributed by atoms with Crippen molar-refractivity contribution in [3.05, 3.63) is 29.6 Å². The van der Waals surface area contributed by atoms with Crippen molar-refractivity contribution in [2.75, 3.05) is 11.4 Å². The molecular formula is C14H15FN2O2. The molecule has 2 unspecified atom stereocenters. The summed E-state index contributed by atoms with van der Waals surface area (Å²) in [4.78, 5) is 13.0. The van der Waals surface area contributed by atoms with Gasteiger partial charge in [-0.15, -0.1) is 0 Å². The Bertz CT molecular complexity index is 539. The lowest BCUT2D eigenvalue weighted by Gasteiger charge is -2.38. The molecule has 100 valence electrons. The lowest BCUT2D eigenvalue weighted by atomic mass is 9.91. The van der Waals surface area contributed by atoms with E-state index in [0.29, 0.717) is 24.6 Å². The van der Waals surface area contributed by atoms with Gasteiger partial charge in [0.2, 0.25) is 0 Å². The van der Waals surface area contributed by atoms with E-state index in [-0.39, 0.29) is 5.56 Å². The van der Waals surface area contributed by atoms with E-state index < -0.39 is 17.8 Å². The maximum Gasteiger partial charge on any atom is 0.326 e. The molecule has 1 fully saturated rings. The van der Waals surface area contributed by atoms with Crippen LogP contribution >= 0.6 is 0 Å². The fraction of sp³-hybridized carbons (Fsp3) is 0.429. The van der Waals surface area contributed by atoms with Crippen molar-refractivity contribution >= 4 is 11.7 Å². The molecule has 1 aliphatic rings. The standard InChI is InChI=1S/C14H15FN2O2/c1-9-5-6-17(13(7-9)14(18)19)12-4-2-3-11(15)10(12)8-16/h2-4,9,13H,5-7H2,1H3,(H,18,19). The quantitative estimate of drug-likeness (QED) is 0.888. The van der Waals surface area contributed by atoms with Gasteiger partial charge in [0.1, 0.15) is 23.5 Å². The Balaban J connectivity index is 2.42. The molecule has 2 rings (SSSR count). The molecule has 5 heteroatoms. The van der Waals surface area contributed by atoms with Crippen LogP contribution in [0.3, 0.4) is 0 Å². The predicted molar refractivity (Wildman–Crippen MR) is 68.3 cm³/mol. The van der Waals surface area contributed by atoms with Crippen molar-refractivity contribution in [1.82, 2.24) is 0 Å². The monoisotopic (exact) mass is 262 g/mol. The second kappa shape index (κ2) is 5.27. The number of piperidine rings is 1. The van der Waals surface area contributed by atoms with Crippen molar-refractivity contribution in [2.45, 2.75) is 25.8 Å². The third-order valence-electron chi connectivity index (χ3n) is 3.56. The van der Waals surface area contributed by atoms with Crippen LogP contribution in [0.4, 0.5) is 10.1 Å². The molecule has 1 aromatic rings. The largest absolute Gasteiger partial charge is 0.480 e. The van der Waals surface area contributed by atoms with Gasteiger partial charge >= 0.3 is 5.97 Å². The number of carboxylic acids is 1. The fourth-order valence-corrected chi connectivity index (χ4v) is 2.53. The molecule has 1 saturated heterocycles. The molecule has 0 radical (unpaired) electrons. The highest BCUT2D eigenvalue weighted by molar-refractivity contribution is 5.79. The van der Waals surface area contributed by atoms with E-state index in [1.807, 2.05) is 13.0 Å². The minimum Gasteiger partial charge on any atom is -0.480 e. The van der Waals surface area contributed by atoms with Gasteiger partial charge in [-0.05, 0) is 30.9 Å². The Kier molecular flexibility index (Phi) is 3.70. The summed E-state index contributed by atoms with van der Waals surface area (Å²) in [7, 11) is 0. The summed E-state index contributed by atoms with van der Waals surface area (Å²) in [5.74, 6) is -1.22. The normalized spacial score (nSPS) is 22.9. The van der Waals surface area contributed by atoms with Gasteiger partial charge in [0.15, 0.2) is 0 Å². The molecule has 1 aromatic carbocycles. The number of carbonyl (C=O) groups is 1. The van der Waals surface area contributed by atoms with Gasteiger partial charge in [-0.25, -0.2) is 9.18 Å². The average molecular weight is 262 g/mol. The summed E-state index contributed by atoms with van der Waals surface area (Å²) >= 11 is 0. The van der Waals surface area contributed by atoms with Crippen molar-refractivity contribution < 1.29 is 14.3 Å². The molecule has 1 aliphatic heterocycles. The van der Waals surface area contributed by atoms with Crippen LogP contribution in [-0.2, 0) is 4.79 Å². The number of carboxylic acid groups (broad SMARTS) is 1. The second-order valence-corrected chi connectivity index (χ2v) is 4.92. The molecule has 4 nitrogen and oxygen atoms in total. The Morgan fingerprint density at radius 2 is 2.32 bits per heavy atom. The molecule has 19 heavy (non-hydrogen) atoms. The van der Waals surface area contributed by atoms with E-state index in [2.05, 4.69) is 0 Å². The fourth-order valence-electron chi connectivity index (χ4n) is 2.53. The Hall–Kier alpha value is -2.09. The first-order chi connectivity index (χ1) is 9.04. The van der Waals surface area contributed by atoms with E-state index in [4.69, 9.17) is 5.26 Å². The van der Waals surface area contributed by atoms with Crippen LogP contribution in [0.1, 0.15) is 25.3 Å². The smallest absolute Gasteiger partial charge is 0.326 e.